The van der Waals surface area contributed by atoms with Gasteiger partial charge in [0.15, 0.2) is 0 Å². The van der Waals surface area contributed by atoms with E-state index in [1.165, 1.54) is 6.42 Å². The van der Waals surface area contributed by atoms with E-state index >= 15 is 0 Å². The summed E-state index contributed by atoms with van der Waals surface area (Å²) in [6.45, 7) is 7.92. The molecule has 3 heteroatoms. The minimum atomic E-state index is -0.695. The van der Waals surface area contributed by atoms with Crippen molar-refractivity contribution in [2.75, 3.05) is 7.11 Å². The number of piperidine rings is 1. The molecule has 0 spiro atoms. The number of amides is 1. The summed E-state index contributed by atoms with van der Waals surface area (Å²) >= 11 is 0. The zero-order valence-corrected chi connectivity index (χ0v) is 10.5. The molecule has 1 aliphatic rings. The third-order valence-corrected chi connectivity index (χ3v) is 3.45. The first-order valence-corrected chi connectivity index (χ1v) is 5.78. The highest BCUT2D eigenvalue weighted by Gasteiger charge is 2.37. The van der Waals surface area contributed by atoms with Crippen LogP contribution in [0.1, 0.15) is 47.0 Å². The molecule has 0 bridgehead atoms. The molecular weight excluding hydrogens is 190 g/mol. The van der Waals surface area contributed by atoms with Crippen LogP contribution in [0.25, 0.3) is 0 Å². The van der Waals surface area contributed by atoms with Gasteiger partial charge in [0, 0.05) is 19.2 Å². The smallest absolute Gasteiger partial charge is 0.254 e. The van der Waals surface area contributed by atoms with Crippen LogP contribution in [-0.2, 0) is 9.53 Å². The lowest BCUT2D eigenvalue weighted by Crippen LogP contribution is -2.55. The summed E-state index contributed by atoms with van der Waals surface area (Å²) in [4.78, 5) is 14.3. The Labute approximate surface area is 92.8 Å². The molecule has 88 valence electrons. The van der Waals surface area contributed by atoms with Crippen molar-refractivity contribution in [3.8, 4) is 0 Å². The summed E-state index contributed by atoms with van der Waals surface area (Å²) in [6, 6.07) is 0.686. The first-order chi connectivity index (χ1) is 6.90. The molecule has 0 aromatic rings. The highest BCUT2D eigenvalue weighted by atomic mass is 16.5. The van der Waals surface area contributed by atoms with Gasteiger partial charge < -0.3 is 9.64 Å². The number of nitrogens with zero attached hydrogens (tertiary/aromatic N) is 1. The molecule has 1 aliphatic heterocycles. The number of hydrogen-bond acceptors (Lipinski definition) is 2. The van der Waals surface area contributed by atoms with E-state index in [0.29, 0.717) is 12.1 Å². The molecule has 1 rings (SSSR count). The Morgan fingerprint density at radius 3 is 2.13 bits per heavy atom. The average molecular weight is 213 g/mol. The van der Waals surface area contributed by atoms with Gasteiger partial charge in [0.25, 0.3) is 5.91 Å². The topological polar surface area (TPSA) is 29.5 Å². The molecule has 0 radical (unpaired) electrons. The summed E-state index contributed by atoms with van der Waals surface area (Å²) in [5.41, 5.74) is -0.695. The van der Waals surface area contributed by atoms with Crippen LogP contribution < -0.4 is 0 Å². The Balaban J connectivity index is 2.80. The van der Waals surface area contributed by atoms with Crippen LogP contribution in [0.3, 0.4) is 0 Å². The van der Waals surface area contributed by atoms with Crippen molar-refractivity contribution < 1.29 is 9.53 Å². The predicted molar refractivity (Wildman–Crippen MR) is 60.7 cm³/mol. The fourth-order valence-electron chi connectivity index (χ4n) is 2.22. The normalized spacial score (nSPS) is 27.9. The van der Waals surface area contributed by atoms with Gasteiger partial charge in [0.2, 0.25) is 0 Å². The second kappa shape index (κ2) is 4.52. The number of carbonyl (C=O) groups is 1. The predicted octanol–water partition coefficient (Wildman–Crippen LogP) is 2.20. The number of ether oxygens (including phenoxy) is 1. The van der Waals surface area contributed by atoms with Crippen molar-refractivity contribution in [2.45, 2.75) is 64.6 Å². The second-order valence-corrected chi connectivity index (χ2v) is 5.06. The number of rotatable bonds is 2. The molecule has 0 aromatic carbocycles. The highest BCUT2D eigenvalue weighted by Crippen LogP contribution is 2.26. The molecule has 2 atom stereocenters. The van der Waals surface area contributed by atoms with E-state index < -0.39 is 5.60 Å². The SMILES string of the molecule is COC(C)(C)C(=O)N1C(C)CCCC1C. The average Bonchev–Trinajstić information content (AvgIpc) is 2.17. The second-order valence-electron chi connectivity index (χ2n) is 5.06. The Bertz CT molecular complexity index is 228. The molecule has 0 N–H and O–H groups in total. The van der Waals surface area contributed by atoms with E-state index in [-0.39, 0.29) is 5.91 Å². The zero-order chi connectivity index (χ0) is 11.6. The quantitative estimate of drug-likeness (QED) is 0.704. The Hall–Kier alpha value is -0.570. The van der Waals surface area contributed by atoms with E-state index in [4.69, 9.17) is 4.74 Å². The fraction of sp³-hybridized carbons (Fsp3) is 0.917. The maximum absolute atomic E-state index is 12.3. The highest BCUT2D eigenvalue weighted by molar-refractivity contribution is 5.85. The van der Waals surface area contributed by atoms with Gasteiger partial charge in [-0.2, -0.15) is 0 Å². The van der Waals surface area contributed by atoms with Gasteiger partial charge in [-0.05, 0) is 47.0 Å². The Kier molecular flexibility index (Phi) is 3.77. The first-order valence-electron chi connectivity index (χ1n) is 5.78. The van der Waals surface area contributed by atoms with Gasteiger partial charge in [-0.3, -0.25) is 4.79 Å². The Morgan fingerprint density at radius 2 is 1.73 bits per heavy atom. The van der Waals surface area contributed by atoms with E-state index in [1.54, 1.807) is 7.11 Å². The van der Waals surface area contributed by atoms with Crippen LogP contribution in [0.5, 0.6) is 0 Å². The molecule has 0 saturated carbocycles. The van der Waals surface area contributed by atoms with Crippen LogP contribution in [0.2, 0.25) is 0 Å². The summed E-state index contributed by atoms with van der Waals surface area (Å²) in [5.74, 6) is 0.115. The van der Waals surface area contributed by atoms with Gasteiger partial charge in [-0.1, -0.05) is 0 Å². The van der Waals surface area contributed by atoms with E-state index in [2.05, 4.69) is 13.8 Å². The summed E-state index contributed by atoms with van der Waals surface area (Å²) in [5, 5.41) is 0. The summed E-state index contributed by atoms with van der Waals surface area (Å²) in [6.07, 6.45) is 3.44. The summed E-state index contributed by atoms with van der Waals surface area (Å²) < 4.78 is 5.26. The molecule has 1 heterocycles. The van der Waals surface area contributed by atoms with Crippen LogP contribution in [-0.4, -0.2) is 35.6 Å². The molecule has 0 aromatic heterocycles. The lowest BCUT2D eigenvalue weighted by atomic mass is 9.94. The standard InChI is InChI=1S/C12H23NO2/c1-9-7-6-8-10(2)13(9)11(14)12(3,4)15-5/h9-10H,6-8H2,1-5H3. The monoisotopic (exact) mass is 213 g/mol. The zero-order valence-electron chi connectivity index (χ0n) is 10.5. The van der Waals surface area contributed by atoms with E-state index in [9.17, 15) is 4.79 Å². The first kappa shape index (κ1) is 12.5. The minimum absolute atomic E-state index is 0.115. The van der Waals surface area contributed by atoms with Crippen LogP contribution in [0, 0.1) is 0 Å². The fourth-order valence-corrected chi connectivity index (χ4v) is 2.22. The van der Waals surface area contributed by atoms with Crippen molar-refractivity contribution in [1.29, 1.82) is 0 Å². The lowest BCUT2D eigenvalue weighted by molar-refractivity contribution is -0.157. The van der Waals surface area contributed by atoms with Gasteiger partial charge in [0.05, 0.1) is 0 Å². The van der Waals surface area contributed by atoms with Crippen molar-refractivity contribution in [3.05, 3.63) is 0 Å². The third kappa shape index (κ3) is 2.51. The summed E-state index contributed by atoms with van der Waals surface area (Å²) in [7, 11) is 1.59. The van der Waals surface area contributed by atoms with Crippen molar-refractivity contribution in [2.24, 2.45) is 0 Å². The van der Waals surface area contributed by atoms with Crippen LogP contribution in [0.4, 0.5) is 0 Å². The number of methoxy groups -OCH3 is 1. The van der Waals surface area contributed by atoms with Gasteiger partial charge in [-0.15, -0.1) is 0 Å². The van der Waals surface area contributed by atoms with Gasteiger partial charge in [-0.25, -0.2) is 0 Å². The number of carbonyl (C=O) groups excluding carboxylic acids is 1. The van der Waals surface area contributed by atoms with Gasteiger partial charge >= 0.3 is 0 Å². The largest absolute Gasteiger partial charge is 0.369 e. The van der Waals surface area contributed by atoms with Crippen LogP contribution >= 0.6 is 0 Å². The van der Waals surface area contributed by atoms with E-state index in [1.807, 2.05) is 18.7 Å². The van der Waals surface area contributed by atoms with Crippen LogP contribution in [0.15, 0.2) is 0 Å². The molecule has 15 heavy (non-hydrogen) atoms. The van der Waals surface area contributed by atoms with E-state index in [0.717, 1.165) is 12.8 Å². The number of hydrogen-bond donors (Lipinski definition) is 0. The third-order valence-electron chi connectivity index (χ3n) is 3.45. The molecule has 1 amide bonds. The maximum atomic E-state index is 12.3. The molecule has 3 nitrogen and oxygen atoms in total. The maximum Gasteiger partial charge on any atom is 0.254 e. The minimum Gasteiger partial charge on any atom is -0.369 e. The van der Waals surface area contributed by atoms with Crippen molar-refractivity contribution >= 4 is 5.91 Å². The molecular formula is C12H23NO2. The molecule has 1 saturated heterocycles. The Morgan fingerprint density at radius 1 is 1.27 bits per heavy atom. The van der Waals surface area contributed by atoms with Gasteiger partial charge in [0.1, 0.15) is 5.60 Å². The van der Waals surface area contributed by atoms with Crippen molar-refractivity contribution in [3.63, 3.8) is 0 Å². The van der Waals surface area contributed by atoms with Crippen molar-refractivity contribution in [1.82, 2.24) is 4.90 Å². The molecule has 0 aliphatic carbocycles. The molecule has 2 unspecified atom stereocenters. The number of likely N-dealkylation sites (tertiary alicyclic amines) is 1. The molecule has 1 fully saturated rings. The lowest BCUT2D eigenvalue weighted by Gasteiger charge is -2.42.